The van der Waals surface area contributed by atoms with Gasteiger partial charge in [0.2, 0.25) is 0 Å². The summed E-state index contributed by atoms with van der Waals surface area (Å²) in [6.45, 7) is 5.29. The van der Waals surface area contributed by atoms with Crippen molar-refractivity contribution in [1.82, 2.24) is 10.2 Å². The minimum absolute atomic E-state index is 0.111. The van der Waals surface area contributed by atoms with E-state index in [0.717, 1.165) is 5.56 Å². The molecule has 0 aliphatic carbocycles. The van der Waals surface area contributed by atoms with E-state index in [2.05, 4.69) is 5.32 Å². The third-order valence-electron chi connectivity index (χ3n) is 5.81. The van der Waals surface area contributed by atoms with E-state index in [1.54, 1.807) is 0 Å². The summed E-state index contributed by atoms with van der Waals surface area (Å²) in [6.07, 6.45) is 1.27. The number of hydrogen-bond donors (Lipinski definition) is 1. The van der Waals surface area contributed by atoms with E-state index in [-0.39, 0.29) is 22.6 Å². The third-order valence-corrected chi connectivity index (χ3v) is 5.81. The normalized spacial score (nSPS) is 14.2. The molecular weight excluding hydrogens is 452 g/mol. The maximum absolute atomic E-state index is 12.6. The Balaban J connectivity index is 1.26. The standard InChI is InChI=1S/C26H28N2O7/c1-16(2)8-10-28-24(30)19-5-4-18(14-20(19)25(28)31)26(32)35-15-23(29)27-9-7-17-3-6-21-22(13-17)34-12-11-33-21/h3-6,13-14,16H,7-12,15H2,1-2H3,(H,27,29). The number of imide groups is 1. The first-order valence-electron chi connectivity index (χ1n) is 11.7. The van der Waals surface area contributed by atoms with Crippen LogP contribution in [0.25, 0.3) is 0 Å². The molecule has 0 saturated heterocycles. The molecule has 1 N–H and O–H groups in total. The highest BCUT2D eigenvalue weighted by molar-refractivity contribution is 6.22. The van der Waals surface area contributed by atoms with Gasteiger partial charge in [-0.25, -0.2) is 4.79 Å². The molecule has 0 unspecified atom stereocenters. The predicted octanol–water partition coefficient (Wildman–Crippen LogP) is 2.62. The predicted molar refractivity (Wildman–Crippen MR) is 126 cm³/mol. The van der Waals surface area contributed by atoms with Gasteiger partial charge < -0.3 is 19.5 Å². The van der Waals surface area contributed by atoms with Gasteiger partial charge in [0, 0.05) is 13.1 Å². The van der Waals surface area contributed by atoms with Crippen molar-refractivity contribution >= 4 is 23.7 Å². The fourth-order valence-corrected chi connectivity index (χ4v) is 3.86. The molecular formula is C26H28N2O7. The van der Waals surface area contributed by atoms with E-state index in [0.29, 0.717) is 56.6 Å². The third kappa shape index (κ3) is 5.62. The van der Waals surface area contributed by atoms with Crippen LogP contribution in [0, 0.1) is 5.92 Å². The molecule has 4 rings (SSSR count). The zero-order valence-electron chi connectivity index (χ0n) is 19.8. The number of hydrogen-bond acceptors (Lipinski definition) is 7. The van der Waals surface area contributed by atoms with Crippen molar-refractivity contribution in [1.29, 1.82) is 0 Å². The van der Waals surface area contributed by atoms with Crippen LogP contribution in [0.3, 0.4) is 0 Å². The molecule has 0 atom stereocenters. The van der Waals surface area contributed by atoms with Crippen LogP contribution in [0.1, 0.15) is 56.9 Å². The van der Waals surface area contributed by atoms with Crippen molar-refractivity contribution in [2.45, 2.75) is 26.7 Å². The topological polar surface area (TPSA) is 111 Å². The number of carbonyl (C=O) groups excluding carboxylic acids is 4. The van der Waals surface area contributed by atoms with Crippen molar-refractivity contribution in [2.75, 3.05) is 32.9 Å². The van der Waals surface area contributed by atoms with E-state index < -0.39 is 24.4 Å². The number of carbonyl (C=O) groups is 4. The summed E-state index contributed by atoms with van der Waals surface area (Å²) in [6, 6.07) is 9.86. The first-order valence-corrected chi connectivity index (χ1v) is 11.7. The van der Waals surface area contributed by atoms with E-state index in [1.165, 1.54) is 23.1 Å². The van der Waals surface area contributed by atoms with Crippen LogP contribution >= 0.6 is 0 Å². The number of amides is 3. The zero-order valence-corrected chi connectivity index (χ0v) is 19.8. The second-order valence-corrected chi connectivity index (χ2v) is 8.86. The number of esters is 1. The number of rotatable bonds is 9. The molecule has 184 valence electrons. The summed E-state index contributed by atoms with van der Waals surface area (Å²) in [4.78, 5) is 50.9. The van der Waals surface area contributed by atoms with Gasteiger partial charge in [-0.15, -0.1) is 0 Å². The largest absolute Gasteiger partial charge is 0.486 e. The first kappa shape index (κ1) is 24.3. The lowest BCUT2D eigenvalue weighted by molar-refractivity contribution is -0.124. The van der Waals surface area contributed by atoms with Crippen LogP contribution in [-0.2, 0) is 16.0 Å². The van der Waals surface area contributed by atoms with Crippen LogP contribution in [0.2, 0.25) is 0 Å². The molecule has 0 radical (unpaired) electrons. The molecule has 2 heterocycles. The second kappa shape index (κ2) is 10.6. The number of fused-ring (bicyclic) bond motifs is 2. The van der Waals surface area contributed by atoms with Crippen molar-refractivity contribution in [3.63, 3.8) is 0 Å². The molecule has 2 aliphatic heterocycles. The molecule has 9 heteroatoms. The van der Waals surface area contributed by atoms with Gasteiger partial charge in [0.05, 0.1) is 16.7 Å². The van der Waals surface area contributed by atoms with Gasteiger partial charge in [-0.3, -0.25) is 19.3 Å². The highest BCUT2D eigenvalue weighted by atomic mass is 16.6. The Morgan fingerprint density at radius 1 is 1.00 bits per heavy atom. The van der Waals surface area contributed by atoms with Crippen molar-refractivity contribution < 1.29 is 33.4 Å². The summed E-state index contributed by atoms with van der Waals surface area (Å²) in [5.74, 6) is -0.222. The van der Waals surface area contributed by atoms with Crippen molar-refractivity contribution in [2.24, 2.45) is 5.92 Å². The lowest BCUT2D eigenvalue weighted by atomic mass is 10.1. The van der Waals surface area contributed by atoms with Gasteiger partial charge in [0.1, 0.15) is 13.2 Å². The molecule has 0 spiro atoms. The van der Waals surface area contributed by atoms with Crippen molar-refractivity contribution in [3.05, 3.63) is 58.7 Å². The van der Waals surface area contributed by atoms with Gasteiger partial charge in [0.25, 0.3) is 17.7 Å². The molecule has 0 bridgehead atoms. The average molecular weight is 481 g/mol. The first-order chi connectivity index (χ1) is 16.8. The monoisotopic (exact) mass is 480 g/mol. The van der Waals surface area contributed by atoms with Crippen LogP contribution in [0.5, 0.6) is 11.5 Å². The smallest absolute Gasteiger partial charge is 0.338 e. The molecule has 2 aromatic carbocycles. The van der Waals surface area contributed by atoms with Crippen LogP contribution in [0.4, 0.5) is 0 Å². The van der Waals surface area contributed by atoms with E-state index in [1.807, 2.05) is 32.0 Å². The maximum atomic E-state index is 12.6. The average Bonchev–Trinajstić information content (AvgIpc) is 3.09. The Hall–Kier alpha value is -3.88. The SMILES string of the molecule is CC(C)CCN1C(=O)c2ccc(C(=O)OCC(=O)NCCc3ccc4c(c3)OCCO4)cc2C1=O. The summed E-state index contributed by atoms with van der Waals surface area (Å²) in [5, 5.41) is 2.71. The van der Waals surface area contributed by atoms with E-state index >= 15 is 0 Å². The Labute approximate surface area is 203 Å². The van der Waals surface area contributed by atoms with E-state index in [9.17, 15) is 19.2 Å². The van der Waals surface area contributed by atoms with Gasteiger partial charge in [-0.05, 0) is 54.7 Å². The summed E-state index contributed by atoms with van der Waals surface area (Å²) >= 11 is 0. The number of benzene rings is 2. The minimum atomic E-state index is -0.740. The molecule has 3 amide bonds. The number of nitrogens with zero attached hydrogens (tertiary/aromatic N) is 1. The number of ether oxygens (including phenoxy) is 3. The Morgan fingerprint density at radius 3 is 2.51 bits per heavy atom. The zero-order chi connectivity index (χ0) is 24.9. The van der Waals surface area contributed by atoms with Crippen molar-refractivity contribution in [3.8, 4) is 11.5 Å². The van der Waals surface area contributed by atoms with Gasteiger partial charge in [-0.2, -0.15) is 0 Å². The highest BCUT2D eigenvalue weighted by Crippen LogP contribution is 2.30. The van der Waals surface area contributed by atoms with E-state index in [4.69, 9.17) is 14.2 Å². The van der Waals surface area contributed by atoms with Crippen LogP contribution in [0.15, 0.2) is 36.4 Å². The van der Waals surface area contributed by atoms with Crippen LogP contribution in [-0.4, -0.2) is 61.5 Å². The van der Waals surface area contributed by atoms with Gasteiger partial charge in [-0.1, -0.05) is 19.9 Å². The summed E-state index contributed by atoms with van der Waals surface area (Å²) in [5.41, 5.74) is 1.54. The Morgan fingerprint density at radius 2 is 1.74 bits per heavy atom. The van der Waals surface area contributed by atoms with Crippen LogP contribution < -0.4 is 14.8 Å². The molecule has 9 nitrogen and oxygen atoms in total. The molecule has 0 saturated carbocycles. The fourth-order valence-electron chi connectivity index (χ4n) is 3.86. The van der Waals surface area contributed by atoms with Gasteiger partial charge in [0.15, 0.2) is 18.1 Å². The quantitative estimate of drug-likeness (QED) is 0.434. The number of nitrogens with one attached hydrogen (secondary N) is 1. The minimum Gasteiger partial charge on any atom is -0.486 e. The Kier molecular flexibility index (Phi) is 7.33. The Bertz CT molecular complexity index is 1160. The lowest BCUT2D eigenvalue weighted by Gasteiger charge is -2.18. The second-order valence-electron chi connectivity index (χ2n) is 8.86. The molecule has 35 heavy (non-hydrogen) atoms. The summed E-state index contributed by atoms with van der Waals surface area (Å²) in [7, 11) is 0. The lowest BCUT2D eigenvalue weighted by Crippen LogP contribution is -2.31. The fraction of sp³-hybridized carbons (Fsp3) is 0.385. The maximum Gasteiger partial charge on any atom is 0.338 e. The highest BCUT2D eigenvalue weighted by Gasteiger charge is 2.35. The molecule has 2 aliphatic rings. The molecule has 0 aromatic heterocycles. The van der Waals surface area contributed by atoms with Gasteiger partial charge >= 0.3 is 5.97 Å². The summed E-state index contributed by atoms with van der Waals surface area (Å²) < 4.78 is 16.1. The molecule has 0 fully saturated rings. The molecule has 2 aromatic rings.